The number of urea groups is 1. The highest BCUT2D eigenvalue weighted by Crippen LogP contribution is 2.47. The maximum Gasteiger partial charge on any atom is 0.323 e. The van der Waals surface area contributed by atoms with Crippen molar-refractivity contribution in [3.8, 4) is 11.5 Å². The number of esters is 1. The van der Waals surface area contributed by atoms with E-state index in [9.17, 15) is 14.7 Å². The van der Waals surface area contributed by atoms with Gasteiger partial charge in [-0.2, -0.15) is 0 Å². The molecular formula is C23H26N2O7. The van der Waals surface area contributed by atoms with Gasteiger partial charge >= 0.3 is 12.0 Å². The van der Waals surface area contributed by atoms with Crippen LogP contribution in [-0.2, 0) is 14.3 Å². The normalized spacial score (nSPS) is 23.3. The van der Waals surface area contributed by atoms with Crippen molar-refractivity contribution in [2.45, 2.75) is 37.1 Å². The third-order valence-electron chi connectivity index (χ3n) is 5.73. The fourth-order valence-electron chi connectivity index (χ4n) is 4.20. The van der Waals surface area contributed by atoms with Crippen molar-refractivity contribution in [1.29, 1.82) is 0 Å². The number of carbonyl (C=O) groups is 2. The van der Waals surface area contributed by atoms with Crippen LogP contribution >= 0.6 is 0 Å². The van der Waals surface area contributed by atoms with Gasteiger partial charge in [-0.05, 0) is 48.9 Å². The Kier molecular flexibility index (Phi) is 6.48. The molecule has 0 saturated carbocycles. The molecule has 0 bridgehead atoms. The predicted molar refractivity (Wildman–Crippen MR) is 116 cm³/mol. The van der Waals surface area contributed by atoms with Gasteiger partial charge in [0.2, 0.25) is 0 Å². The first-order valence-electron chi connectivity index (χ1n) is 10.4. The lowest BCUT2D eigenvalue weighted by molar-refractivity contribution is -0.156. The van der Waals surface area contributed by atoms with E-state index < -0.39 is 6.10 Å². The van der Waals surface area contributed by atoms with Crippen molar-refractivity contribution >= 4 is 23.4 Å². The van der Waals surface area contributed by atoms with E-state index in [0.717, 1.165) is 5.56 Å². The van der Waals surface area contributed by atoms with E-state index in [1.54, 1.807) is 43.5 Å². The lowest BCUT2D eigenvalue weighted by Gasteiger charge is -2.36. The number of benzene rings is 2. The zero-order valence-electron chi connectivity index (χ0n) is 17.9. The first kappa shape index (κ1) is 21.9. The molecule has 2 aromatic carbocycles. The molecule has 3 N–H and O–H groups in total. The quantitative estimate of drug-likeness (QED) is 0.589. The molecule has 2 amide bonds. The van der Waals surface area contributed by atoms with Crippen LogP contribution < -0.4 is 20.1 Å². The zero-order valence-corrected chi connectivity index (χ0v) is 17.9. The van der Waals surface area contributed by atoms with Crippen LogP contribution in [0.4, 0.5) is 16.2 Å². The fraction of sp³-hybridized carbons (Fsp3) is 0.391. The Morgan fingerprint density at radius 3 is 2.50 bits per heavy atom. The van der Waals surface area contributed by atoms with E-state index in [1.807, 2.05) is 6.07 Å². The van der Waals surface area contributed by atoms with Crippen LogP contribution in [0.2, 0.25) is 0 Å². The van der Waals surface area contributed by atoms with E-state index in [2.05, 4.69) is 10.6 Å². The lowest BCUT2D eigenvalue weighted by atomic mass is 9.84. The molecule has 1 fully saturated rings. The molecule has 0 spiro atoms. The number of hydrogen-bond acceptors (Lipinski definition) is 7. The highest BCUT2D eigenvalue weighted by molar-refractivity contribution is 5.99. The van der Waals surface area contributed by atoms with Gasteiger partial charge in [0.25, 0.3) is 0 Å². The minimum absolute atomic E-state index is 0.0723. The Morgan fingerprint density at radius 1 is 1.09 bits per heavy atom. The summed E-state index contributed by atoms with van der Waals surface area (Å²) in [7, 11) is 2.91. The molecule has 2 aliphatic rings. The summed E-state index contributed by atoms with van der Waals surface area (Å²) in [5.41, 5.74) is 2.15. The summed E-state index contributed by atoms with van der Waals surface area (Å²) < 4.78 is 21.8. The molecule has 9 heteroatoms. The Bertz CT molecular complexity index is 979. The van der Waals surface area contributed by atoms with Crippen molar-refractivity contribution in [2.24, 2.45) is 0 Å². The smallest absolute Gasteiger partial charge is 0.323 e. The highest BCUT2D eigenvalue weighted by atomic mass is 16.6. The molecule has 170 valence electrons. The number of ether oxygens (including phenoxy) is 4. The van der Waals surface area contributed by atoms with Crippen molar-refractivity contribution in [1.82, 2.24) is 0 Å². The SMILES string of the molecule is COC(=O)C[C@H]1C[C@H]2c3cc(NC(=O)Nc4ccc(OC)cc4)ccc3O[C@H]2[C@@H](CO)O1. The molecule has 2 heterocycles. The van der Waals surface area contributed by atoms with E-state index in [0.29, 0.717) is 29.3 Å². The maximum absolute atomic E-state index is 12.4. The van der Waals surface area contributed by atoms with E-state index in [4.69, 9.17) is 18.9 Å². The van der Waals surface area contributed by atoms with Crippen LogP contribution in [0, 0.1) is 0 Å². The van der Waals surface area contributed by atoms with Crippen molar-refractivity contribution in [3.05, 3.63) is 48.0 Å². The van der Waals surface area contributed by atoms with Crippen LogP contribution in [0.1, 0.15) is 24.3 Å². The van der Waals surface area contributed by atoms with Crippen molar-refractivity contribution in [2.75, 3.05) is 31.5 Å². The second-order valence-electron chi connectivity index (χ2n) is 7.74. The number of hydrogen-bond donors (Lipinski definition) is 3. The number of rotatable bonds is 6. The summed E-state index contributed by atoms with van der Waals surface area (Å²) in [6.45, 7) is -0.220. The summed E-state index contributed by atoms with van der Waals surface area (Å²) >= 11 is 0. The van der Waals surface area contributed by atoms with Crippen molar-refractivity contribution < 1.29 is 33.6 Å². The second-order valence-corrected chi connectivity index (χ2v) is 7.74. The molecule has 4 rings (SSSR count). The molecular weight excluding hydrogens is 416 g/mol. The lowest BCUT2D eigenvalue weighted by Crippen LogP contribution is -2.46. The number of fused-ring (bicyclic) bond motifs is 3. The van der Waals surface area contributed by atoms with Gasteiger partial charge in [-0.25, -0.2) is 4.79 Å². The van der Waals surface area contributed by atoms with Crippen LogP contribution in [0.5, 0.6) is 11.5 Å². The molecule has 0 radical (unpaired) electrons. The van der Waals surface area contributed by atoms with Gasteiger partial charge in [0, 0.05) is 22.9 Å². The average Bonchev–Trinajstić information content (AvgIpc) is 3.17. The van der Waals surface area contributed by atoms with E-state index in [1.165, 1.54) is 7.11 Å². The van der Waals surface area contributed by atoms with Crippen LogP contribution in [0.3, 0.4) is 0 Å². The summed E-state index contributed by atoms with van der Waals surface area (Å²) in [6.07, 6.45) is -0.637. The third-order valence-corrected chi connectivity index (χ3v) is 5.73. The number of methoxy groups -OCH3 is 2. The Labute approximate surface area is 185 Å². The molecule has 1 saturated heterocycles. The predicted octanol–water partition coefficient (Wildman–Crippen LogP) is 2.90. The number of nitrogens with one attached hydrogen (secondary N) is 2. The molecule has 32 heavy (non-hydrogen) atoms. The molecule has 9 nitrogen and oxygen atoms in total. The summed E-state index contributed by atoms with van der Waals surface area (Å²) in [5.74, 6) is 0.945. The second kappa shape index (κ2) is 9.46. The van der Waals surface area contributed by atoms with Gasteiger partial charge < -0.3 is 34.7 Å². The number of carbonyl (C=O) groups excluding carboxylic acids is 2. The Morgan fingerprint density at radius 2 is 1.81 bits per heavy atom. The van der Waals surface area contributed by atoms with Gasteiger partial charge in [-0.15, -0.1) is 0 Å². The maximum atomic E-state index is 12.4. The molecule has 2 aliphatic heterocycles. The van der Waals surface area contributed by atoms with Crippen molar-refractivity contribution in [3.63, 3.8) is 0 Å². The van der Waals surface area contributed by atoms with Gasteiger partial charge in [0.05, 0.1) is 33.4 Å². The average molecular weight is 442 g/mol. The minimum atomic E-state index is -0.550. The largest absolute Gasteiger partial charge is 0.497 e. The molecule has 0 aliphatic carbocycles. The van der Waals surface area contributed by atoms with E-state index in [-0.39, 0.29) is 43.2 Å². The van der Waals surface area contributed by atoms with Crippen LogP contribution in [-0.4, -0.2) is 56.2 Å². The van der Waals surface area contributed by atoms with Gasteiger partial charge in [0.15, 0.2) is 0 Å². The Balaban J connectivity index is 1.46. The summed E-state index contributed by atoms with van der Waals surface area (Å²) in [5, 5.41) is 15.4. The standard InChI is InChI=1S/C23H26N2O7/c1-29-15-6-3-13(4-7-15)24-23(28)25-14-5-8-19-17(9-14)18-10-16(11-21(27)30-2)31-20(12-26)22(18)32-19/h3-9,16,18,20,22,26H,10-12H2,1-2H3,(H2,24,25,28)/t16-,18+,20-,22-/m1/s1. The van der Waals surface area contributed by atoms with Crippen LogP contribution in [0.15, 0.2) is 42.5 Å². The molecule has 2 aromatic rings. The third kappa shape index (κ3) is 4.63. The molecule has 0 unspecified atom stereocenters. The van der Waals surface area contributed by atoms with Crippen LogP contribution in [0.25, 0.3) is 0 Å². The number of anilines is 2. The number of aliphatic hydroxyl groups excluding tert-OH is 1. The first-order valence-corrected chi connectivity index (χ1v) is 10.4. The molecule has 4 atom stereocenters. The van der Waals surface area contributed by atoms with Gasteiger partial charge in [-0.3, -0.25) is 4.79 Å². The monoisotopic (exact) mass is 442 g/mol. The Hall–Kier alpha value is -3.30. The first-order chi connectivity index (χ1) is 15.5. The van der Waals surface area contributed by atoms with Gasteiger partial charge in [-0.1, -0.05) is 0 Å². The summed E-state index contributed by atoms with van der Waals surface area (Å²) in [6, 6.07) is 12.0. The van der Waals surface area contributed by atoms with E-state index >= 15 is 0 Å². The number of amides is 2. The fourth-order valence-corrected chi connectivity index (χ4v) is 4.20. The summed E-state index contributed by atoms with van der Waals surface area (Å²) in [4.78, 5) is 24.2. The zero-order chi connectivity index (χ0) is 22.7. The topological polar surface area (TPSA) is 115 Å². The molecule has 0 aromatic heterocycles. The number of aliphatic hydroxyl groups is 1. The van der Waals surface area contributed by atoms with Gasteiger partial charge in [0.1, 0.15) is 23.7 Å². The minimum Gasteiger partial charge on any atom is -0.497 e. The highest BCUT2D eigenvalue weighted by Gasteiger charge is 2.46.